The molecule has 17 heavy (non-hydrogen) atoms. The van der Waals surface area contributed by atoms with E-state index in [1.807, 2.05) is 18.7 Å². The van der Waals surface area contributed by atoms with Crippen molar-refractivity contribution in [3.8, 4) is 0 Å². The molecule has 3 nitrogen and oxygen atoms in total. The molecule has 1 aromatic heterocycles. The molecule has 96 valence electrons. The summed E-state index contributed by atoms with van der Waals surface area (Å²) in [5.74, 6) is 1.61. The van der Waals surface area contributed by atoms with Crippen LogP contribution in [0.15, 0.2) is 6.07 Å². The fourth-order valence-electron chi connectivity index (χ4n) is 2.98. The van der Waals surface area contributed by atoms with Gasteiger partial charge in [-0.3, -0.25) is 4.68 Å². The number of hydrogen-bond acceptors (Lipinski definition) is 2. The fraction of sp³-hybridized carbons (Fsp3) is 0.786. The molecule has 2 rings (SSSR count). The predicted octanol–water partition coefficient (Wildman–Crippen LogP) is 2.42. The number of nitrogens with two attached hydrogens (primary N) is 1. The first-order chi connectivity index (χ1) is 8.06. The zero-order chi connectivity index (χ0) is 12.4. The summed E-state index contributed by atoms with van der Waals surface area (Å²) in [6.07, 6.45) is 6.28. The molecule has 0 radical (unpaired) electrons. The fourth-order valence-corrected chi connectivity index (χ4v) is 2.98. The minimum atomic E-state index is 0.303. The Morgan fingerprint density at radius 3 is 2.59 bits per heavy atom. The Balaban J connectivity index is 1.92. The van der Waals surface area contributed by atoms with E-state index in [1.165, 1.54) is 31.4 Å². The molecule has 0 spiro atoms. The Morgan fingerprint density at radius 1 is 1.41 bits per heavy atom. The maximum Gasteiger partial charge on any atom is 0.0596 e. The van der Waals surface area contributed by atoms with Crippen LogP contribution < -0.4 is 5.73 Å². The minimum absolute atomic E-state index is 0.303. The van der Waals surface area contributed by atoms with E-state index >= 15 is 0 Å². The highest BCUT2D eigenvalue weighted by Crippen LogP contribution is 2.30. The summed E-state index contributed by atoms with van der Waals surface area (Å²) < 4.78 is 1.97. The van der Waals surface area contributed by atoms with Gasteiger partial charge in [0.1, 0.15) is 0 Å². The van der Waals surface area contributed by atoms with Crippen molar-refractivity contribution < 1.29 is 0 Å². The Labute approximate surface area is 104 Å². The second-order valence-corrected chi connectivity index (χ2v) is 5.79. The molecule has 1 saturated carbocycles. The highest BCUT2D eigenvalue weighted by molar-refractivity contribution is 5.10. The number of rotatable bonds is 3. The van der Waals surface area contributed by atoms with Gasteiger partial charge in [0.15, 0.2) is 0 Å². The Bertz CT molecular complexity index is 362. The number of aryl methyl sites for hydroxylation is 2. The van der Waals surface area contributed by atoms with E-state index in [4.69, 9.17) is 5.73 Å². The van der Waals surface area contributed by atoms with Gasteiger partial charge in [-0.05, 0) is 37.7 Å². The van der Waals surface area contributed by atoms with Gasteiger partial charge in [0.25, 0.3) is 0 Å². The van der Waals surface area contributed by atoms with E-state index in [0.29, 0.717) is 12.0 Å². The van der Waals surface area contributed by atoms with Crippen LogP contribution in [0.5, 0.6) is 0 Å². The first-order valence-electron chi connectivity index (χ1n) is 6.81. The highest BCUT2D eigenvalue weighted by Gasteiger charge is 2.24. The van der Waals surface area contributed by atoms with Crippen molar-refractivity contribution in [1.29, 1.82) is 0 Å². The standard InChI is InChI=1S/C14H25N3/c1-10-4-6-12(7-5-10)14(15)9-13-8-11(2)16-17(13)3/h8,10,12,14H,4-7,9,15H2,1-3H3. The topological polar surface area (TPSA) is 43.8 Å². The summed E-state index contributed by atoms with van der Waals surface area (Å²) in [7, 11) is 2.01. The molecular weight excluding hydrogens is 210 g/mol. The van der Waals surface area contributed by atoms with Crippen LogP contribution >= 0.6 is 0 Å². The minimum Gasteiger partial charge on any atom is -0.327 e. The third-order valence-electron chi connectivity index (χ3n) is 4.21. The molecule has 0 aromatic carbocycles. The van der Waals surface area contributed by atoms with Crippen molar-refractivity contribution in [2.45, 2.75) is 52.0 Å². The van der Waals surface area contributed by atoms with Crippen molar-refractivity contribution in [3.63, 3.8) is 0 Å². The summed E-state index contributed by atoms with van der Waals surface area (Å²) in [6.45, 7) is 4.39. The zero-order valence-electron chi connectivity index (χ0n) is 11.3. The normalized spacial score (nSPS) is 27.1. The van der Waals surface area contributed by atoms with Crippen molar-refractivity contribution in [1.82, 2.24) is 9.78 Å². The number of hydrogen-bond donors (Lipinski definition) is 1. The number of aromatic nitrogens is 2. The van der Waals surface area contributed by atoms with Gasteiger partial charge in [-0.1, -0.05) is 19.8 Å². The summed E-state index contributed by atoms with van der Waals surface area (Å²) >= 11 is 0. The monoisotopic (exact) mass is 235 g/mol. The molecule has 1 heterocycles. The molecule has 1 unspecified atom stereocenters. The molecule has 0 amide bonds. The second kappa shape index (κ2) is 5.21. The van der Waals surface area contributed by atoms with Crippen molar-refractivity contribution in [2.24, 2.45) is 24.6 Å². The molecule has 1 aliphatic rings. The molecule has 0 saturated heterocycles. The summed E-state index contributed by atoms with van der Waals surface area (Å²) in [6, 6.07) is 2.46. The van der Waals surface area contributed by atoms with Gasteiger partial charge < -0.3 is 5.73 Å². The average Bonchev–Trinajstić information content (AvgIpc) is 2.58. The van der Waals surface area contributed by atoms with E-state index < -0.39 is 0 Å². The third kappa shape index (κ3) is 3.09. The Kier molecular flexibility index (Phi) is 3.87. The van der Waals surface area contributed by atoms with Crippen LogP contribution in [0.2, 0.25) is 0 Å². The van der Waals surface area contributed by atoms with Crippen LogP contribution in [-0.4, -0.2) is 15.8 Å². The Hall–Kier alpha value is -0.830. The first-order valence-corrected chi connectivity index (χ1v) is 6.81. The van der Waals surface area contributed by atoms with Gasteiger partial charge in [0.05, 0.1) is 5.69 Å². The zero-order valence-corrected chi connectivity index (χ0v) is 11.3. The first kappa shape index (κ1) is 12.6. The van der Waals surface area contributed by atoms with Crippen LogP contribution in [0, 0.1) is 18.8 Å². The molecule has 0 aliphatic heterocycles. The highest BCUT2D eigenvalue weighted by atomic mass is 15.3. The molecule has 1 aliphatic carbocycles. The lowest BCUT2D eigenvalue weighted by molar-refractivity contribution is 0.252. The van der Waals surface area contributed by atoms with Gasteiger partial charge in [-0.25, -0.2) is 0 Å². The molecule has 1 fully saturated rings. The van der Waals surface area contributed by atoms with Crippen molar-refractivity contribution in [3.05, 3.63) is 17.5 Å². The predicted molar refractivity (Wildman–Crippen MR) is 70.7 cm³/mol. The van der Waals surface area contributed by atoms with E-state index in [0.717, 1.165) is 18.0 Å². The van der Waals surface area contributed by atoms with Crippen LogP contribution in [0.1, 0.15) is 44.0 Å². The molecule has 1 aromatic rings. The SMILES string of the molecule is Cc1cc(CC(N)C2CCC(C)CC2)n(C)n1. The van der Waals surface area contributed by atoms with Gasteiger partial charge in [0, 0.05) is 25.2 Å². The lowest BCUT2D eigenvalue weighted by Gasteiger charge is -2.30. The molecule has 2 N–H and O–H groups in total. The average molecular weight is 235 g/mol. The maximum absolute atomic E-state index is 6.36. The quantitative estimate of drug-likeness (QED) is 0.874. The van der Waals surface area contributed by atoms with E-state index in [1.54, 1.807) is 0 Å². The second-order valence-electron chi connectivity index (χ2n) is 5.79. The van der Waals surface area contributed by atoms with Crippen molar-refractivity contribution in [2.75, 3.05) is 0 Å². The van der Waals surface area contributed by atoms with E-state index in [9.17, 15) is 0 Å². The summed E-state index contributed by atoms with van der Waals surface area (Å²) in [5, 5.41) is 4.38. The Morgan fingerprint density at radius 2 is 2.06 bits per heavy atom. The van der Waals surface area contributed by atoms with Crippen LogP contribution in [0.4, 0.5) is 0 Å². The van der Waals surface area contributed by atoms with Crippen LogP contribution in [0.25, 0.3) is 0 Å². The van der Waals surface area contributed by atoms with Crippen LogP contribution in [0.3, 0.4) is 0 Å². The lowest BCUT2D eigenvalue weighted by Crippen LogP contribution is -2.35. The molecular formula is C14H25N3. The van der Waals surface area contributed by atoms with Gasteiger partial charge in [0.2, 0.25) is 0 Å². The van der Waals surface area contributed by atoms with Gasteiger partial charge in [-0.2, -0.15) is 5.10 Å². The lowest BCUT2D eigenvalue weighted by atomic mass is 9.78. The number of nitrogens with zero attached hydrogens (tertiary/aromatic N) is 2. The van der Waals surface area contributed by atoms with Crippen molar-refractivity contribution >= 4 is 0 Å². The molecule has 3 heteroatoms. The van der Waals surface area contributed by atoms with Gasteiger partial charge in [-0.15, -0.1) is 0 Å². The largest absolute Gasteiger partial charge is 0.327 e. The van der Waals surface area contributed by atoms with E-state index in [-0.39, 0.29) is 0 Å². The van der Waals surface area contributed by atoms with Gasteiger partial charge >= 0.3 is 0 Å². The smallest absolute Gasteiger partial charge is 0.0596 e. The summed E-state index contributed by atoms with van der Waals surface area (Å²) in [5.41, 5.74) is 8.72. The summed E-state index contributed by atoms with van der Waals surface area (Å²) in [4.78, 5) is 0. The van der Waals surface area contributed by atoms with E-state index in [2.05, 4.69) is 18.1 Å². The third-order valence-corrected chi connectivity index (χ3v) is 4.21. The maximum atomic E-state index is 6.36. The van der Waals surface area contributed by atoms with Crippen LogP contribution in [-0.2, 0) is 13.5 Å². The molecule has 0 bridgehead atoms. The molecule has 1 atom stereocenters.